The molecular weight excluding hydrogens is 282 g/mol. The van der Waals surface area contributed by atoms with E-state index < -0.39 is 28.2 Å². The fourth-order valence-corrected chi connectivity index (χ4v) is 4.64. The molecule has 2 bridgehead atoms. The van der Waals surface area contributed by atoms with Gasteiger partial charge in [-0.15, -0.1) is 0 Å². The number of carbonyl (C=O) groups excluding carboxylic acids is 3. The zero-order valence-electron chi connectivity index (χ0n) is 13.9. The number of carbonyl (C=O) groups is 3. The van der Waals surface area contributed by atoms with Crippen molar-refractivity contribution in [3.05, 3.63) is 0 Å². The van der Waals surface area contributed by atoms with Crippen LogP contribution in [0.3, 0.4) is 0 Å². The molecule has 0 N–H and O–H groups in total. The number of cyclic esters (lactones) is 2. The van der Waals surface area contributed by atoms with Crippen molar-refractivity contribution in [3.63, 3.8) is 0 Å². The summed E-state index contributed by atoms with van der Waals surface area (Å²) in [5.41, 5.74) is -2.70. The predicted molar refractivity (Wildman–Crippen MR) is 79.7 cm³/mol. The van der Waals surface area contributed by atoms with Crippen LogP contribution in [0.5, 0.6) is 0 Å². The molecule has 3 fully saturated rings. The molecule has 5 nitrogen and oxygen atoms in total. The molecule has 1 saturated carbocycles. The molecule has 3 atom stereocenters. The van der Waals surface area contributed by atoms with Gasteiger partial charge in [0.05, 0.1) is 5.41 Å². The average molecular weight is 307 g/mol. The molecule has 5 heteroatoms. The van der Waals surface area contributed by atoms with Crippen LogP contribution in [0, 0.1) is 16.2 Å². The Morgan fingerprint density at radius 3 is 2.45 bits per heavy atom. The molecule has 1 aliphatic carbocycles. The van der Waals surface area contributed by atoms with Crippen LogP contribution in [-0.4, -0.2) is 35.3 Å². The molecule has 3 rings (SSSR count). The van der Waals surface area contributed by atoms with Crippen molar-refractivity contribution in [1.29, 1.82) is 0 Å². The lowest BCUT2D eigenvalue weighted by molar-refractivity contribution is -0.200. The minimum absolute atomic E-state index is 0.133. The maximum Gasteiger partial charge on any atom is 0.329 e. The molecule has 22 heavy (non-hydrogen) atoms. The molecule has 3 unspecified atom stereocenters. The van der Waals surface area contributed by atoms with Gasteiger partial charge < -0.3 is 9.64 Å². The van der Waals surface area contributed by atoms with Gasteiger partial charge in [-0.2, -0.15) is 0 Å². The first-order valence-electron chi connectivity index (χ1n) is 8.26. The maximum absolute atomic E-state index is 13.3. The van der Waals surface area contributed by atoms with Crippen molar-refractivity contribution >= 4 is 17.8 Å². The fourth-order valence-electron chi connectivity index (χ4n) is 4.64. The van der Waals surface area contributed by atoms with Crippen molar-refractivity contribution in [2.45, 2.75) is 65.8 Å². The Labute approximate surface area is 131 Å². The first-order valence-corrected chi connectivity index (χ1v) is 8.26. The Morgan fingerprint density at radius 2 is 1.82 bits per heavy atom. The van der Waals surface area contributed by atoms with Gasteiger partial charge in [0, 0.05) is 18.0 Å². The summed E-state index contributed by atoms with van der Waals surface area (Å²) in [6, 6.07) is 0.142. The monoisotopic (exact) mass is 307 g/mol. The SMILES string of the molecule is CC1CCCCN1C(=O)C12CCC(C)(C(=O)OC1=O)C2(C)C. The van der Waals surface area contributed by atoms with Gasteiger partial charge in [-0.25, -0.2) is 0 Å². The summed E-state index contributed by atoms with van der Waals surface area (Å²) in [6.45, 7) is 8.32. The van der Waals surface area contributed by atoms with Gasteiger partial charge >= 0.3 is 11.9 Å². The Balaban J connectivity index is 2.06. The molecule has 2 heterocycles. The lowest BCUT2D eigenvalue weighted by Crippen LogP contribution is -2.63. The molecule has 0 spiro atoms. The van der Waals surface area contributed by atoms with Crippen molar-refractivity contribution in [3.8, 4) is 0 Å². The number of esters is 2. The number of fused-ring (bicyclic) bond motifs is 2. The summed E-state index contributed by atoms with van der Waals surface area (Å²) in [6.07, 6.45) is 3.98. The Morgan fingerprint density at radius 1 is 1.14 bits per heavy atom. The average Bonchev–Trinajstić information content (AvgIpc) is 2.60. The standard InChI is InChI=1S/C17H25NO4/c1-11-7-5-6-10-18(11)12(19)17-9-8-16(4,15(17,2)3)13(20)22-14(17)21/h11H,5-10H2,1-4H3. The lowest BCUT2D eigenvalue weighted by atomic mass is 9.56. The molecule has 122 valence electrons. The number of hydrogen-bond donors (Lipinski definition) is 0. The molecule has 2 aliphatic heterocycles. The van der Waals surface area contributed by atoms with Gasteiger partial charge in [0.15, 0.2) is 5.41 Å². The minimum Gasteiger partial charge on any atom is -0.392 e. The summed E-state index contributed by atoms with van der Waals surface area (Å²) in [7, 11) is 0. The van der Waals surface area contributed by atoms with E-state index in [9.17, 15) is 14.4 Å². The Hall–Kier alpha value is -1.39. The van der Waals surface area contributed by atoms with E-state index >= 15 is 0 Å². The third-order valence-corrected chi connectivity index (χ3v) is 6.86. The number of hydrogen-bond acceptors (Lipinski definition) is 4. The molecule has 0 aromatic heterocycles. The highest BCUT2D eigenvalue weighted by Crippen LogP contribution is 2.66. The van der Waals surface area contributed by atoms with Crippen molar-refractivity contribution in [2.75, 3.05) is 6.54 Å². The number of amides is 1. The van der Waals surface area contributed by atoms with E-state index in [0.29, 0.717) is 19.4 Å². The number of ether oxygens (including phenoxy) is 1. The molecular formula is C17H25NO4. The van der Waals surface area contributed by atoms with E-state index in [0.717, 1.165) is 19.3 Å². The van der Waals surface area contributed by atoms with Crippen LogP contribution in [0.15, 0.2) is 0 Å². The normalized spacial score (nSPS) is 40.5. The van der Waals surface area contributed by atoms with Crippen LogP contribution >= 0.6 is 0 Å². The van der Waals surface area contributed by atoms with Gasteiger partial charge in [0.1, 0.15) is 0 Å². The minimum atomic E-state index is -1.21. The highest BCUT2D eigenvalue weighted by atomic mass is 16.6. The van der Waals surface area contributed by atoms with Crippen LogP contribution in [-0.2, 0) is 19.1 Å². The van der Waals surface area contributed by atoms with Crippen molar-refractivity contribution in [1.82, 2.24) is 4.90 Å². The van der Waals surface area contributed by atoms with Gasteiger partial charge in [0.25, 0.3) is 0 Å². The fraction of sp³-hybridized carbons (Fsp3) is 0.824. The second-order valence-corrected chi connectivity index (χ2v) is 7.88. The zero-order valence-corrected chi connectivity index (χ0v) is 13.9. The summed E-state index contributed by atoms with van der Waals surface area (Å²) in [5, 5.41) is 0. The predicted octanol–water partition coefficient (Wildman–Crippen LogP) is 2.28. The second kappa shape index (κ2) is 4.56. The van der Waals surface area contributed by atoms with Gasteiger partial charge in [-0.3, -0.25) is 14.4 Å². The quantitative estimate of drug-likeness (QED) is 0.551. The van der Waals surface area contributed by atoms with E-state index in [-0.39, 0.29) is 11.9 Å². The first-order chi connectivity index (χ1) is 10.2. The van der Waals surface area contributed by atoms with Crippen LogP contribution in [0.25, 0.3) is 0 Å². The molecule has 0 radical (unpaired) electrons. The zero-order chi connectivity index (χ0) is 16.3. The maximum atomic E-state index is 13.3. The van der Waals surface area contributed by atoms with Gasteiger partial charge in [-0.1, -0.05) is 13.8 Å². The van der Waals surface area contributed by atoms with Crippen molar-refractivity contribution < 1.29 is 19.1 Å². The number of likely N-dealkylation sites (tertiary alicyclic amines) is 1. The van der Waals surface area contributed by atoms with Crippen LogP contribution in [0.2, 0.25) is 0 Å². The number of rotatable bonds is 1. The third-order valence-electron chi connectivity index (χ3n) is 6.86. The number of piperidine rings is 1. The van der Waals surface area contributed by atoms with E-state index in [1.54, 1.807) is 0 Å². The molecule has 2 saturated heterocycles. The Bertz CT molecular complexity index is 555. The highest BCUT2D eigenvalue weighted by molar-refractivity contribution is 6.11. The molecule has 1 amide bonds. The van der Waals surface area contributed by atoms with Crippen LogP contribution < -0.4 is 0 Å². The first kappa shape index (κ1) is 15.5. The van der Waals surface area contributed by atoms with Gasteiger partial charge in [0.2, 0.25) is 5.91 Å². The van der Waals surface area contributed by atoms with Crippen LogP contribution in [0.1, 0.15) is 59.8 Å². The highest BCUT2D eigenvalue weighted by Gasteiger charge is 2.75. The van der Waals surface area contributed by atoms with E-state index in [1.807, 2.05) is 32.6 Å². The van der Waals surface area contributed by atoms with Crippen molar-refractivity contribution in [2.24, 2.45) is 16.2 Å². The van der Waals surface area contributed by atoms with Crippen LogP contribution in [0.4, 0.5) is 0 Å². The van der Waals surface area contributed by atoms with Gasteiger partial charge in [-0.05, 0) is 46.0 Å². The van der Waals surface area contributed by atoms with E-state index in [4.69, 9.17) is 4.74 Å². The smallest absolute Gasteiger partial charge is 0.329 e. The summed E-state index contributed by atoms with van der Waals surface area (Å²) in [5.74, 6) is -1.25. The van der Waals surface area contributed by atoms with E-state index in [2.05, 4.69) is 0 Å². The lowest BCUT2D eigenvalue weighted by Gasteiger charge is -2.50. The molecule has 0 aromatic carbocycles. The third kappa shape index (κ3) is 1.57. The number of nitrogens with zero attached hydrogens (tertiary/aromatic N) is 1. The topological polar surface area (TPSA) is 63.7 Å². The second-order valence-electron chi connectivity index (χ2n) is 7.88. The molecule has 3 aliphatic rings. The molecule has 0 aromatic rings. The summed E-state index contributed by atoms with van der Waals surface area (Å²) < 4.78 is 5.04. The summed E-state index contributed by atoms with van der Waals surface area (Å²) in [4.78, 5) is 40.1. The van der Waals surface area contributed by atoms with E-state index in [1.165, 1.54) is 0 Å². The summed E-state index contributed by atoms with van der Waals surface area (Å²) >= 11 is 0. The largest absolute Gasteiger partial charge is 0.392 e. The Kier molecular flexibility index (Phi) is 3.21.